The molecule has 0 saturated carbocycles. The van der Waals surface area contributed by atoms with Gasteiger partial charge >= 0.3 is 0 Å². The van der Waals surface area contributed by atoms with Crippen LogP contribution in [0.25, 0.3) is 0 Å². The second-order valence-electron chi connectivity index (χ2n) is 5.99. The van der Waals surface area contributed by atoms with Gasteiger partial charge in [-0.2, -0.15) is 5.10 Å². The molecule has 4 fully saturated rings. The molecule has 0 aromatic rings. The third kappa shape index (κ3) is 1.26. The molecule has 90 valence electrons. The fraction of sp³-hybridized carbons (Fsp3) is 0.917. The van der Waals surface area contributed by atoms with Crippen molar-refractivity contribution in [3.63, 3.8) is 0 Å². The zero-order chi connectivity index (χ0) is 11.3. The number of nitrogens with zero attached hydrogens (tertiary/aromatic N) is 3. The van der Waals surface area contributed by atoms with Crippen LogP contribution in [0.3, 0.4) is 0 Å². The molecule has 2 N–H and O–H groups in total. The average molecular weight is 222 g/mol. The van der Waals surface area contributed by atoms with Gasteiger partial charge in [0.1, 0.15) is 0 Å². The van der Waals surface area contributed by atoms with E-state index in [1.54, 1.807) is 0 Å². The molecule has 2 unspecified atom stereocenters. The largest absolute Gasteiger partial charge is 0.323 e. The minimum Gasteiger partial charge on any atom is -0.323 e. The predicted octanol–water partition coefficient (Wildman–Crippen LogP) is 0.205. The summed E-state index contributed by atoms with van der Waals surface area (Å²) in [4.78, 5) is 5.23. The van der Waals surface area contributed by atoms with Crippen molar-refractivity contribution in [3.05, 3.63) is 0 Å². The van der Waals surface area contributed by atoms with Crippen molar-refractivity contribution < 1.29 is 0 Å². The van der Waals surface area contributed by atoms with E-state index in [0.29, 0.717) is 11.8 Å². The van der Waals surface area contributed by atoms with E-state index in [1.165, 1.54) is 31.9 Å². The summed E-state index contributed by atoms with van der Waals surface area (Å²) in [6.45, 7) is 11.7. The topological polar surface area (TPSA) is 44.9 Å². The van der Waals surface area contributed by atoms with Crippen LogP contribution in [-0.4, -0.2) is 54.8 Å². The van der Waals surface area contributed by atoms with Gasteiger partial charge in [0.05, 0.1) is 5.71 Å². The minimum absolute atomic E-state index is 0.229. The van der Waals surface area contributed by atoms with Crippen molar-refractivity contribution in [1.82, 2.24) is 9.80 Å². The maximum atomic E-state index is 5.68. The lowest BCUT2D eigenvalue weighted by Gasteiger charge is -2.52. The van der Waals surface area contributed by atoms with Gasteiger partial charge < -0.3 is 15.6 Å². The Morgan fingerprint density at radius 1 is 1.25 bits per heavy atom. The van der Waals surface area contributed by atoms with E-state index >= 15 is 0 Å². The second-order valence-corrected chi connectivity index (χ2v) is 5.99. The van der Waals surface area contributed by atoms with Crippen molar-refractivity contribution in [2.75, 3.05) is 39.3 Å². The molecule has 4 heterocycles. The van der Waals surface area contributed by atoms with Crippen LogP contribution in [0.2, 0.25) is 0 Å². The van der Waals surface area contributed by atoms with Crippen LogP contribution in [0.1, 0.15) is 13.8 Å². The summed E-state index contributed by atoms with van der Waals surface area (Å²) in [6.07, 6.45) is 0. The number of nitrogens with two attached hydrogens (primary N) is 1. The van der Waals surface area contributed by atoms with Crippen molar-refractivity contribution >= 4 is 5.71 Å². The lowest BCUT2D eigenvalue weighted by atomic mass is 9.64. The van der Waals surface area contributed by atoms with E-state index in [4.69, 9.17) is 5.84 Å². The van der Waals surface area contributed by atoms with Crippen LogP contribution in [0.15, 0.2) is 5.10 Å². The fourth-order valence-corrected chi connectivity index (χ4v) is 3.92. The van der Waals surface area contributed by atoms with Crippen molar-refractivity contribution in [3.8, 4) is 0 Å². The molecule has 0 radical (unpaired) electrons. The number of rotatable bonds is 1. The molecule has 0 amide bonds. The summed E-state index contributed by atoms with van der Waals surface area (Å²) in [7, 11) is 0. The van der Waals surface area contributed by atoms with Gasteiger partial charge in [-0.3, -0.25) is 0 Å². The highest BCUT2D eigenvalue weighted by atomic mass is 15.3. The molecule has 0 aromatic carbocycles. The van der Waals surface area contributed by atoms with Gasteiger partial charge in [-0.05, 0) is 5.92 Å². The lowest BCUT2D eigenvalue weighted by molar-refractivity contribution is 0.0831. The highest BCUT2D eigenvalue weighted by molar-refractivity contribution is 5.94. The Morgan fingerprint density at radius 3 is 2.25 bits per heavy atom. The van der Waals surface area contributed by atoms with Gasteiger partial charge in [0.15, 0.2) is 0 Å². The Kier molecular flexibility index (Phi) is 2.27. The van der Waals surface area contributed by atoms with Crippen LogP contribution in [0.4, 0.5) is 0 Å². The molecular formula is C12H22N4. The van der Waals surface area contributed by atoms with Crippen LogP contribution in [0, 0.1) is 17.3 Å². The van der Waals surface area contributed by atoms with E-state index in [1.807, 2.05) is 0 Å². The molecule has 2 atom stereocenters. The Bertz CT molecular complexity index is 307. The average Bonchev–Trinajstić information content (AvgIpc) is 2.47. The maximum Gasteiger partial charge on any atom is 0.0522 e. The van der Waals surface area contributed by atoms with Gasteiger partial charge in [-0.15, -0.1) is 0 Å². The highest BCUT2D eigenvalue weighted by Gasteiger charge is 2.53. The minimum atomic E-state index is 0.229. The van der Waals surface area contributed by atoms with Gasteiger partial charge in [0.2, 0.25) is 0 Å². The molecular weight excluding hydrogens is 200 g/mol. The molecule has 4 heteroatoms. The quantitative estimate of drug-likeness (QED) is 0.509. The van der Waals surface area contributed by atoms with Crippen LogP contribution in [0.5, 0.6) is 0 Å². The van der Waals surface area contributed by atoms with Crippen LogP contribution in [-0.2, 0) is 0 Å². The molecule has 4 saturated heterocycles. The third-order valence-corrected chi connectivity index (χ3v) is 4.84. The number of hydrazone groups is 1. The number of hydrogen-bond donors (Lipinski definition) is 1. The molecule has 0 spiro atoms. The SMILES string of the molecule is CC(C)C12CN3CCN(CC(C3)C1=NN)C2. The van der Waals surface area contributed by atoms with Crippen LogP contribution >= 0.6 is 0 Å². The Balaban J connectivity index is 2.06. The summed E-state index contributed by atoms with van der Waals surface area (Å²) in [5, 5.41) is 4.19. The van der Waals surface area contributed by atoms with Crippen molar-refractivity contribution in [2.24, 2.45) is 28.2 Å². The number of fused-ring (bicyclic) bond motifs is 1. The monoisotopic (exact) mass is 222 g/mol. The van der Waals surface area contributed by atoms with E-state index < -0.39 is 0 Å². The van der Waals surface area contributed by atoms with Gasteiger partial charge in [-0.25, -0.2) is 0 Å². The summed E-state index contributed by atoms with van der Waals surface area (Å²) >= 11 is 0. The second kappa shape index (κ2) is 3.44. The van der Waals surface area contributed by atoms with Gasteiger partial charge in [-0.1, -0.05) is 13.8 Å². The Labute approximate surface area is 97.5 Å². The summed E-state index contributed by atoms with van der Waals surface area (Å²) < 4.78 is 0. The summed E-state index contributed by atoms with van der Waals surface area (Å²) in [5.41, 5.74) is 1.53. The fourth-order valence-electron chi connectivity index (χ4n) is 3.92. The van der Waals surface area contributed by atoms with Crippen LogP contribution < -0.4 is 5.84 Å². The summed E-state index contributed by atoms with van der Waals surface area (Å²) in [6, 6.07) is 0. The van der Waals surface area contributed by atoms with Crippen molar-refractivity contribution in [1.29, 1.82) is 0 Å². The lowest BCUT2D eigenvalue weighted by Crippen LogP contribution is -2.63. The number of piperidine rings is 2. The molecule has 4 rings (SSSR count). The van der Waals surface area contributed by atoms with Gasteiger partial charge in [0.25, 0.3) is 0 Å². The molecule has 4 aliphatic heterocycles. The van der Waals surface area contributed by atoms with E-state index in [2.05, 4.69) is 28.7 Å². The molecule has 4 aliphatic rings. The third-order valence-electron chi connectivity index (χ3n) is 4.84. The maximum absolute atomic E-state index is 5.68. The first-order valence-corrected chi connectivity index (χ1v) is 6.38. The smallest absolute Gasteiger partial charge is 0.0522 e. The van der Waals surface area contributed by atoms with Crippen molar-refractivity contribution in [2.45, 2.75) is 13.8 Å². The first-order valence-electron chi connectivity index (χ1n) is 6.38. The first kappa shape index (κ1) is 10.5. The zero-order valence-corrected chi connectivity index (χ0v) is 10.3. The van der Waals surface area contributed by atoms with E-state index in [9.17, 15) is 0 Å². The molecule has 0 aromatic heterocycles. The first-order chi connectivity index (χ1) is 7.65. The normalized spacial score (nSPS) is 48.9. The molecule has 4 nitrogen and oxygen atoms in total. The predicted molar refractivity (Wildman–Crippen MR) is 65.3 cm³/mol. The van der Waals surface area contributed by atoms with Gasteiger partial charge in [0, 0.05) is 50.6 Å². The highest BCUT2D eigenvalue weighted by Crippen LogP contribution is 2.43. The number of hydrogen-bond acceptors (Lipinski definition) is 4. The Morgan fingerprint density at radius 2 is 1.81 bits per heavy atom. The summed E-state index contributed by atoms with van der Waals surface area (Å²) in [5.74, 6) is 6.89. The zero-order valence-electron chi connectivity index (χ0n) is 10.3. The standard InChI is InChI=1S/C12H22N4/c1-9(2)12-7-15-3-4-16(8-12)6-10(5-15)11(12)14-13/h9-10H,3-8,13H2,1-2H3. The van der Waals surface area contributed by atoms with E-state index in [-0.39, 0.29) is 5.41 Å². The van der Waals surface area contributed by atoms with E-state index in [0.717, 1.165) is 13.1 Å². The molecule has 0 aliphatic carbocycles. The molecule has 4 bridgehead atoms. The Hall–Kier alpha value is -0.610. The molecule has 16 heavy (non-hydrogen) atoms.